The van der Waals surface area contributed by atoms with E-state index >= 15 is 0 Å². The lowest BCUT2D eigenvalue weighted by molar-refractivity contribution is -0.140. The first kappa shape index (κ1) is 22.6. The fourth-order valence-electron chi connectivity index (χ4n) is 3.50. The summed E-state index contributed by atoms with van der Waals surface area (Å²) in [5.41, 5.74) is 3.37. The maximum Gasteiger partial charge on any atom is 0.316 e. The summed E-state index contributed by atoms with van der Waals surface area (Å²) in [6, 6.07) is 19.1. The lowest BCUT2D eigenvalue weighted by atomic mass is 10.1. The van der Waals surface area contributed by atoms with Gasteiger partial charge >= 0.3 is 5.97 Å². The van der Waals surface area contributed by atoms with E-state index in [4.69, 9.17) is 4.74 Å². The van der Waals surface area contributed by atoms with Crippen molar-refractivity contribution < 1.29 is 14.6 Å². The molecular formula is C25H17N5O3S2. The number of benzene rings is 2. The van der Waals surface area contributed by atoms with Gasteiger partial charge in [0, 0.05) is 10.9 Å². The van der Waals surface area contributed by atoms with Crippen molar-refractivity contribution in [1.82, 2.24) is 19.9 Å². The van der Waals surface area contributed by atoms with Crippen molar-refractivity contribution in [3.8, 4) is 17.2 Å². The van der Waals surface area contributed by atoms with E-state index in [1.54, 1.807) is 6.07 Å². The molecule has 5 rings (SSSR count). The van der Waals surface area contributed by atoms with E-state index in [1.165, 1.54) is 29.4 Å². The minimum atomic E-state index is -0.549. The van der Waals surface area contributed by atoms with Gasteiger partial charge in [-0.25, -0.2) is 15.0 Å². The number of nitriles is 1. The second-order valence-electron chi connectivity index (χ2n) is 7.36. The van der Waals surface area contributed by atoms with Crippen LogP contribution in [0.1, 0.15) is 5.82 Å². The average Bonchev–Trinajstić information content (AvgIpc) is 3.52. The minimum Gasteiger partial charge on any atom is -0.507 e. The summed E-state index contributed by atoms with van der Waals surface area (Å²) in [5, 5.41) is 23.5. The number of nitrogens with one attached hydrogen (secondary N) is 1. The highest BCUT2D eigenvalue weighted by molar-refractivity contribution is 8.00. The van der Waals surface area contributed by atoms with Crippen molar-refractivity contribution in [2.45, 2.75) is 5.03 Å². The third kappa shape index (κ3) is 4.73. The average molecular weight is 500 g/mol. The fourth-order valence-corrected chi connectivity index (χ4v) is 5.29. The largest absolute Gasteiger partial charge is 0.507 e. The number of ether oxygens (including phenoxy) is 1. The maximum atomic E-state index is 12.4. The molecule has 0 aliphatic heterocycles. The molecule has 0 amide bonds. The van der Waals surface area contributed by atoms with E-state index < -0.39 is 12.6 Å². The number of aliphatic hydroxyl groups is 1. The standard InChI is InChI=1S/C25H17N5O3S2/c26-10-16(23-29-18-8-4-5-9-19(18)30-23)20(31)11-33-21(32)13-35-25-22-17(15-6-2-1-3-7-15)12-34-24(22)27-14-28-25/h1-9,12,14,31H,11,13H2,(H,29,30)/b20-16-. The second kappa shape index (κ2) is 9.97. The number of imidazole rings is 1. The molecule has 0 atom stereocenters. The molecule has 10 heteroatoms. The van der Waals surface area contributed by atoms with Crippen LogP contribution in [0.3, 0.4) is 0 Å². The van der Waals surface area contributed by atoms with E-state index in [9.17, 15) is 15.2 Å². The first-order chi connectivity index (χ1) is 17.1. The van der Waals surface area contributed by atoms with E-state index in [-0.39, 0.29) is 22.9 Å². The molecule has 0 spiro atoms. The van der Waals surface area contributed by atoms with Gasteiger partial charge in [0.2, 0.25) is 0 Å². The van der Waals surface area contributed by atoms with Gasteiger partial charge in [-0.2, -0.15) is 5.26 Å². The lowest BCUT2D eigenvalue weighted by Gasteiger charge is -2.07. The Balaban J connectivity index is 1.28. The molecule has 0 bridgehead atoms. The van der Waals surface area contributed by atoms with Crippen LogP contribution >= 0.6 is 23.1 Å². The first-order valence-corrected chi connectivity index (χ1v) is 12.3. The molecule has 2 aromatic carbocycles. The molecule has 0 saturated carbocycles. The quantitative estimate of drug-likeness (QED) is 0.101. The molecular weight excluding hydrogens is 482 g/mol. The van der Waals surface area contributed by atoms with Crippen molar-refractivity contribution in [1.29, 1.82) is 5.26 Å². The van der Waals surface area contributed by atoms with Crippen LogP contribution in [0, 0.1) is 11.3 Å². The zero-order chi connectivity index (χ0) is 24.2. The third-order valence-corrected chi connectivity index (χ3v) is 6.99. The van der Waals surface area contributed by atoms with Crippen molar-refractivity contribution in [3.63, 3.8) is 0 Å². The number of esters is 1. The Bertz CT molecular complexity index is 1570. The van der Waals surface area contributed by atoms with Gasteiger partial charge in [0.15, 0.2) is 11.6 Å². The number of carbonyl (C=O) groups is 1. The first-order valence-electron chi connectivity index (χ1n) is 10.5. The Morgan fingerprint density at radius 2 is 1.94 bits per heavy atom. The zero-order valence-electron chi connectivity index (χ0n) is 18.1. The predicted molar refractivity (Wildman–Crippen MR) is 136 cm³/mol. The molecule has 0 aliphatic rings. The Morgan fingerprint density at radius 1 is 1.14 bits per heavy atom. The van der Waals surface area contributed by atoms with Crippen LogP contribution in [0.15, 0.2) is 77.1 Å². The Hall–Kier alpha value is -4.20. The van der Waals surface area contributed by atoms with Gasteiger partial charge in [-0.3, -0.25) is 4.79 Å². The summed E-state index contributed by atoms with van der Waals surface area (Å²) < 4.78 is 5.21. The molecule has 0 unspecified atom stereocenters. The Kier molecular flexibility index (Phi) is 6.43. The molecule has 5 aromatic rings. The van der Waals surface area contributed by atoms with Crippen molar-refractivity contribution in [2.75, 3.05) is 12.4 Å². The number of fused-ring (bicyclic) bond motifs is 2. The van der Waals surface area contributed by atoms with Gasteiger partial charge in [0.1, 0.15) is 34.4 Å². The molecule has 2 N–H and O–H groups in total. The number of rotatable bonds is 7. The van der Waals surface area contributed by atoms with Gasteiger partial charge in [0.05, 0.1) is 22.2 Å². The number of thiophene rings is 1. The summed E-state index contributed by atoms with van der Waals surface area (Å²) in [7, 11) is 0. The number of para-hydroxylation sites is 2. The number of aromatic nitrogens is 4. The number of allylic oxidation sites excluding steroid dienone is 1. The molecule has 35 heavy (non-hydrogen) atoms. The molecule has 172 valence electrons. The zero-order valence-corrected chi connectivity index (χ0v) is 19.8. The van der Waals surface area contributed by atoms with Gasteiger partial charge in [-0.1, -0.05) is 54.2 Å². The van der Waals surface area contributed by atoms with Crippen molar-refractivity contribution in [3.05, 3.63) is 77.9 Å². The summed E-state index contributed by atoms with van der Waals surface area (Å²) >= 11 is 2.75. The highest BCUT2D eigenvalue weighted by atomic mass is 32.2. The van der Waals surface area contributed by atoms with E-state index in [0.29, 0.717) is 10.5 Å². The van der Waals surface area contributed by atoms with Crippen LogP contribution in [-0.4, -0.2) is 43.4 Å². The van der Waals surface area contributed by atoms with Gasteiger partial charge in [-0.05, 0) is 17.7 Å². The summed E-state index contributed by atoms with van der Waals surface area (Å²) in [5.74, 6) is -0.730. The van der Waals surface area contributed by atoms with Crippen LogP contribution in [0.25, 0.3) is 38.0 Å². The predicted octanol–water partition coefficient (Wildman–Crippen LogP) is 5.36. The molecule has 0 fully saturated rings. The normalized spacial score (nSPS) is 11.9. The molecule has 0 saturated heterocycles. The number of hydrogen-bond acceptors (Lipinski definition) is 9. The fraction of sp³-hybridized carbons (Fsp3) is 0.0800. The van der Waals surface area contributed by atoms with E-state index in [0.717, 1.165) is 26.9 Å². The highest BCUT2D eigenvalue weighted by Gasteiger charge is 2.17. The smallest absolute Gasteiger partial charge is 0.316 e. The van der Waals surface area contributed by atoms with Crippen molar-refractivity contribution >= 4 is 55.9 Å². The highest BCUT2D eigenvalue weighted by Crippen LogP contribution is 2.37. The number of H-pyrrole nitrogens is 1. The van der Waals surface area contributed by atoms with E-state index in [1.807, 2.05) is 60.0 Å². The number of thioether (sulfide) groups is 1. The van der Waals surface area contributed by atoms with Crippen molar-refractivity contribution in [2.24, 2.45) is 0 Å². The number of carbonyl (C=O) groups excluding carboxylic acids is 1. The third-order valence-electron chi connectivity index (χ3n) is 5.14. The summed E-state index contributed by atoms with van der Waals surface area (Å²) in [4.78, 5) is 29.3. The monoisotopic (exact) mass is 499 g/mol. The number of hydrogen-bond donors (Lipinski definition) is 2. The number of nitrogens with zero attached hydrogens (tertiary/aromatic N) is 4. The molecule has 0 aliphatic carbocycles. The molecule has 8 nitrogen and oxygen atoms in total. The topological polar surface area (TPSA) is 125 Å². The van der Waals surface area contributed by atoms with Crippen LogP contribution in [-0.2, 0) is 9.53 Å². The summed E-state index contributed by atoms with van der Waals surface area (Å²) in [6.07, 6.45) is 1.47. The van der Waals surface area contributed by atoms with Crippen LogP contribution in [0.5, 0.6) is 0 Å². The van der Waals surface area contributed by atoms with Gasteiger partial charge in [-0.15, -0.1) is 11.3 Å². The minimum absolute atomic E-state index is 0.0179. The number of aromatic amines is 1. The Morgan fingerprint density at radius 3 is 2.74 bits per heavy atom. The van der Waals surface area contributed by atoms with Gasteiger partial charge < -0.3 is 14.8 Å². The summed E-state index contributed by atoms with van der Waals surface area (Å²) in [6.45, 7) is -0.438. The lowest BCUT2D eigenvalue weighted by Crippen LogP contribution is -2.11. The Labute approximate surface area is 208 Å². The van der Waals surface area contributed by atoms with Crippen LogP contribution in [0.2, 0.25) is 0 Å². The molecule has 0 radical (unpaired) electrons. The van der Waals surface area contributed by atoms with Gasteiger partial charge in [0.25, 0.3) is 0 Å². The van der Waals surface area contributed by atoms with E-state index in [2.05, 4.69) is 19.9 Å². The van der Waals surface area contributed by atoms with Crippen LogP contribution < -0.4 is 0 Å². The maximum absolute atomic E-state index is 12.4. The number of aliphatic hydroxyl groups excluding tert-OH is 1. The SMILES string of the molecule is N#C/C(=C(/O)COC(=O)CSc1ncnc2scc(-c3ccccc3)c12)c1nc2ccccc2[nH]1. The molecule has 3 aromatic heterocycles. The van der Waals surface area contributed by atoms with Crippen LogP contribution in [0.4, 0.5) is 0 Å². The molecule has 3 heterocycles. The second-order valence-corrected chi connectivity index (χ2v) is 9.18.